The third-order valence-electron chi connectivity index (χ3n) is 5.65. The Bertz CT molecular complexity index is 1090. The van der Waals surface area contributed by atoms with Crippen molar-refractivity contribution in [1.82, 2.24) is 14.9 Å². The summed E-state index contributed by atoms with van der Waals surface area (Å²) in [5.74, 6) is 0. The molecule has 134 valence electrons. The van der Waals surface area contributed by atoms with Crippen LogP contribution in [0.2, 0.25) is 5.15 Å². The predicted octanol–water partition coefficient (Wildman–Crippen LogP) is 3.62. The fraction of sp³-hybridized carbons (Fsp3) is 0.286. The number of halogens is 1. The molecule has 5 rings (SSSR count). The Morgan fingerprint density at radius 1 is 1.19 bits per heavy atom. The molecular formula is C21H18ClN5. The van der Waals surface area contributed by atoms with E-state index in [0.29, 0.717) is 28.3 Å². The Morgan fingerprint density at radius 3 is 2.85 bits per heavy atom. The summed E-state index contributed by atoms with van der Waals surface area (Å²) >= 11 is 5.89. The minimum Gasteiger partial charge on any atom is -0.365 e. The van der Waals surface area contributed by atoms with Crippen LogP contribution in [0, 0.1) is 11.3 Å². The molecule has 0 unspecified atom stereocenters. The van der Waals surface area contributed by atoms with Gasteiger partial charge in [-0.3, -0.25) is 9.88 Å². The maximum absolute atomic E-state index is 9.40. The minimum atomic E-state index is 0.187. The molecule has 2 fully saturated rings. The topological polar surface area (TPSA) is 56.0 Å². The van der Waals surface area contributed by atoms with Gasteiger partial charge in [0.15, 0.2) is 0 Å². The van der Waals surface area contributed by atoms with Gasteiger partial charge < -0.3 is 4.90 Å². The lowest BCUT2D eigenvalue weighted by atomic mass is 10.1. The Morgan fingerprint density at radius 2 is 2.11 bits per heavy atom. The van der Waals surface area contributed by atoms with Gasteiger partial charge in [0, 0.05) is 55.2 Å². The molecule has 4 heterocycles. The monoisotopic (exact) mass is 376 g/mol. The van der Waals surface area contributed by atoms with Crippen molar-refractivity contribution >= 4 is 28.2 Å². The van der Waals surface area contributed by atoms with E-state index < -0.39 is 0 Å². The van der Waals surface area contributed by atoms with E-state index in [1.165, 1.54) is 5.56 Å². The van der Waals surface area contributed by atoms with Gasteiger partial charge in [0.05, 0.1) is 12.5 Å². The lowest BCUT2D eigenvalue weighted by molar-refractivity contribution is 0.230. The summed E-state index contributed by atoms with van der Waals surface area (Å²) in [6, 6.07) is 14.5. The molecule has 2 saturated heterocycles. The summed E-state index contributed by atoms with van der Waals surface area (Å²) in [6.07, 6.45) is 3.17. The van der Waals surface area contributed by atoms with Crippen molar-refractivity contribution in [2.75, 3.05) is 18.0 Å². The van der Waals surface area contributed by atoms with Crippen LogP contribution < -0.4 is 4.90 Å². The zero-order chi connectivity index (χ0) is 19.3. The fourth-order valence-corrected chi connectivity index (χ4v) is 4.53. The average molecular weight is 377 g/mol. The van der Waals surface area contributed by atoms with Crippen LogP contribution in [-0.4, -0.2) is 40.0 Å². The first kappa shape index (κ1) is 15.4. The second kappa shape index (κ2) is 6.49. The quantitative estimate of drug-likeness (QED) is 0.653. The molecule has 5 nitrogen and oxygen atoms in total. The van der Waals surface area contributed by atoms with E-state index in [0.717, 1.165) is 37.1 Å². The molecule has 2 aliphatic heterocycles. The van der Waals surface area contributed by atoms with Crippen LogP contribution in [0.4, 0.5) is 5.69 Å². The third kappa shape index (κ3) is 2.82. The first-order valence-electron chi connectivity index (χ1n) is 9.54. The van der Waals surface area contributed by atoms with Crippen LogP contribution in [0.25, 0.3) is 10.9 Å². The SMILES string of the molecule is [2H]c1ccc2c(N3C[C@H]4C[C@@H]3CN4Cc3ccc(Cl)nc3)ccc(C#N)c2n1. The molecular weight excluding hydrogens is 358 g/mol. The molecule has 6 heteroatoms. The van der Waals surface area contributed by atoms with Gasteiger partial charge in [-0.05, 0) is 42.3 Å². The van der Waals surface area contributed by atoms with E-state index in [-0.39, 0.29) is 6.17 Å². The summed E-state index contributed by atoms with van der Waals surface area (Å²) in [6.45, 7) is 2.84. The number of fused-ring (bicyclic) bond motifs is 3. The Hall–Kier alpha value is -2.68. The van der Waals surface area contributed by atoms with Crippen molar-refractivity contribution < 1.29 is 1.37 Å². The van der Waals surface area contributed by atoms with E-state index in [9.17, 15) is 5.26 Å². The van der Waals surface area contributed by atoms with E-state index in [1.54, 1.807) is 6.07 Å². The molecule has 27 heavy (non-hydrogen) atoms. The van der Waals surface area contributed by atoms with E-state index in [2.05, 4.69) is 25.8 Å². The Balaban J connectivity index is 1.40. The van der Waals surface area contributed by atoms with Crippen LogP contribution in [0.1, 0.15) is 18.9 Å². The van der Waals surface area contributed by atoms with Crippen molar-refractivity contribution in [2.24, 2.45) is 0 Å². The largest absolute Gasteiger partial charge is 0.365 e. The number of nitrogens with zero attached hydrogens (tertiary/aromatic N) is 5. The Labute approximate surface area is 164 Å². The number of hydrogen-bond donors (Lipinski definition) is 0. The number of piperazine rings is 1. The molecule has 0 N–H and O–H groups in total. The van der Waals surface area contributed by atoms with Crippen molar-refractivity contribution in [3.8, 4) is 6.07 Å². The molecule has 2 aliphatic rings. The number of rotatable bonds is 3. The minimum absolute atomic E-state index is 0.187. The zero-order valence-electron chi connectivity index (χ0n) is 15.6. The van der Waals surface area contributed by atoms with E-state index in [1.807, 2.05) is 36.5 Å². The van der Waals surface area contributed by atoms with Crippen molar-refractivity contribution in [3.05, 3.63) is 65.0 Å². The van der Waals surface area contributed by atoms with Gasteiger partial charge in [-0.2, -0.15) is 5.26 Å². The molecule has 2 bridgehead atoms. The van der Waals surface area contributed by atoms with Crippen molar-refractivity contribution in [3.63, 3.8) is 0 Å². The van der Waals surface area contributed by atoms with Gasteiger partial charge in [-0.15, -0.1) is 0 Å². The normalized spacial score (nSPS) is 22.2. The highest BCUT2D eigenvalue weighted by Gasteiger charge is 2.43. The number of aromatic nitrogens is 2. The molecule has 1 aromatic carbocycles. The molecule has 2 aromatic heterocycles. The standard InChI is InChI=1S/C21H18ClN5/c22-20-6-3-14(10-25-20)11-26-12-17-8-16(26)13-27(17)19-5-4-15(9-23)21-18(19)2-1-7-24-21/h1-7,10,16-17H,8,11-13H2/t16-,17-/m1/s1/i7D. The summed E-state index contributed by atoms with van der Waals surface area (Å²) in [5.41, 5.74) is 3.44. The molecule has 2 atom stereocenters. The van der Waals surface area contributed by atoms with Crippen LogP contribution in [0.15, 0.2) is 48.8 Å². The first-order valence-corrected chi connectivity index (χ1v) is 9.42. The molecule has 0 radical (unpaired) electrons. The fourth-order valence-electron chi connectivity index (χ4n) is 4.42. The molecule has 0 spiro atoms. The van der Waals surface area contributed by atoms with Crippen molar-refractivity contribution in [2.45, 2.75) is 25.0 Å². The summed E-state index contributed by atoms with van der Waals surface area (Å²) < 4.78 is 7.80. The number of hydrogen-bond acceptors (Lipinski definition) is 5. The number of likely N-dealkylation sites (tertiary alicyclic amines) is 1. The predicted molar refractivity (Wildman–Crippen MR) is 106 cm³/mol. The van der Waals surface area contributed by atoms with Crippen LogP contribution in [0.5, 0.6) is 0 Å². The summed E-state index contributed by atoms with van der Waals surface area (Å²) in [5, 5.41) is 10.9. The van der Waals surface area contributed by atoms with Gasteiger partial charge in [0.1, 0.15) is 11.2 Å². The highest BCUT2D eigenvalue weighted by Crippen LogP contribution is 2.38. The van der Waals surface area contributed by atoms with Gasteiger partial charge >= 0.3 is 0 Å². The second-order valence-corrected chi connectivity index (χ2v) is 7.58. The van der Waals surface area contributed by atoms with Gasteiger partial charge in [-0.25, -0.2) is 4.98 Å². The average Bonchev–Trinajstić information content (AvgIpc) is 3.29. The van der Waals surface area contributed by atoms with Gasteiger partial charge in [0.2, 0.25) is 0 Å². The summed E-state index contributed by atoms with van der Waals surface area (Å²) in [7, 11) is 0. The second-order valence-electron chi connectivity index (χ2n) is 7.19. The number of benzene rings is 1. The maximum atomic E-state index is 9.40. The molecule has 3 aromatic rings. The van der Waals surface area contributed by atoms with Crippen molar-refractivity contribution in [1.29, 1.82) is 5.26 Å². The van der Waals surface area contributed by atoms with Crippen LogP contribution in [0.3, 0.4) is 0 Å². The van der Waals surface area contributed by atoms with E-state index >= 15 is 0 Å². The van der Waals surface area contributed by atoms with Crippen LogP contribution in [-0.2, 0) is 6.54 Å². The van der Waals surface area contributed by atoms with Gasteiger partial charge in [-0.1, -0.05) is 17.7 Å². The number of nitriles is 1. The highest BCUT2D eigenvalue weighted by molar-refractivity contribution is 6.29. The molecule has 0 saturated carbocycles. The maximum Gasteiger partial charge on any atom is 0.129 e. The number of anilines is 1. The molecule has 0 amide bonds. The number of pyridine rings is 2. The summed E-state index contributed by atoms with van der Waals surface area (Å²) in [4.78, 5) is 13.4. The lowest BCUT2D eigenvalue weighted by Gasteiger charge is -2.36. The van der Waals surface area contributed by atoms with Gasteiger partial charge in [0.25, 0.3) is 0 Å². The smallest absolute Gasteiger partial charge is 0.129 e. The van der Waals surface area contributed by atoms with Crippen LogP contribution >= 0.6 is 11.6 Å². The third-order valence-corrected chi connectivity index (χ3v) is 5.88. The lowest BCUT2D eigenvalue weighted by Crippen LogP contribution is -2.46. The van der Waals surface area contributed by atoms with E-state index in [4.69, 9.17) is 13.0 Å². The Kier molecular flexibility index (Phi) is 3.70. The first-order chi connectivity index (χ1) is 13.6. The highest BCUT2D eigenvalue weighted by atomic mass is 35.5. The molecule has 0 aliphatic carbocycles. The zero-order valence-corrected chi connectivity index (χ0v) is 15.4.